The number of Topliss-reactive ketones (excluding diaryl/α,β-unsaturated/α-hetero) is 2. The van der Waals surface area contributed by atoms with Gasteiger partial charge in [-0.15, -0.1) is 11.8 Å². The van der Waals surface area contributed by atoms with E-state index in [1.807, 2.05) is 0 Å². The van der Waals surface area contributed by atoms with E-state index in [9.17, 15) is 34.8 Å². The van der Waals surface area contributed by atoms with Gasteiger partial charge in [0.2, 0.25) is 5.78 Å². The van der Waals surface area contributed by atoms with Crippen molar-refractivity contribution < 1.29 is 34.8 Å². The second-order valence-electron chi connectivity index (χ2n) is 7.06. The van der Waals surface area contributed by atoms with Gasteiger partial charge in [-0.2, -0.15) is 0 Å². The number of primary amides is 1. The Kier molecular flexibility index (Phi) is 4.25. The van der Waals surface area contributed by atoms with Crippen molar-refractivity contribution >= 4 is 40.8 Å². The minimum absolute atomic E-state index is 0.0965. The van der Waals surface area contributed by atoms with Crippen LogP contribution in [0.4, 0.5) is 0 Å². The summed E-state index contributed by atoms with van der Waals surface area (Å²) in [6.45, 7) is 0. The lowest BCUT2D eigenvalue weighted by atomic mass is 9.63. The molecule has 4 unspecified atom stereocenters. The number of hydrogen-bond acceptors (Lipinski definition) is 9. The molecule has 1 aromatic carbocycles. The molecule has 4 atom stereocenters. The second kappa shape index (κ2) is 6.23. The molecule has 0 radical (unpaired) electrons. The van der Waals surface area contributed by atoms with Crippen LogP contribution < -0.4 is 11.5 Å². The number of nitrogens with two attached hydrogens (primary N) is 2. The normalized spacial score (nSPS) is 31.3. The van der Waals surface area contributed by atoms with Crippen molar-refractivity contribution in [3.8, 4) is 5.75 Å². The Balaban J connectivity index is 1.96. The molecule has 0 spiro atoms. The number of amides is 1. The van der Waals surface area contributed by atoms with Gasteiger partial charge in [-0.1, -0.05) is 11.6 Å². The molecule has 29 heavy (non-hydrogen) atoms. The third kappa shape index (κ3) is 2.40. The predicted octanol–water partition coefficient (Wildman–Crippen LogP) is 0.473. The molecule has 1 heterocycles. The van der Waals surface area contributed by atoms with Crippen LogP contribution in [-0.4, -0.2) is 54.8 Å². The van der Waals surface area contributed by atoms with Crippen molar-refractivity contribution in [2.45, 2.75) is 28.2 Å². The average Bonchev–Trinajstić information content (AvgIpc) is 2.65. The van der Waals surface area contributed by atoms with Gasteiger partial charge in [-0.25, -0.2) is 0 Å². The number of aliphatic hydroxyl groups is 3. The van der Waals surface area contributed by atoms with Gasteiger partial charge in [0.25, 0.3) is 5.91 Å². The molecule has 1 aliphatic heterocycles. The topological polar surface area (TPSA) is 184 Å². The standard InChI is InChI=1S/C18H15ClN2O7S/c19-5-1-2-6(22)8-12(23)9-7(29-14(5)8)3-4-11(20)13(24)10(17(21)27)16(26)18(4,28)15(9)25/h1-2,4,7,11,22,24-25,28H,3,20H2,(H2,21,27). The quantitative estimate of drug-likeness (QED) is 0.339. The molecule has 3 aliphatic rings. The average molecular weight is 439 g/mol. The maximum atomic E-state index is 13.1. The van der Waals surface area contributed by atoms with Crippen LogP contribution in [0.1, 0.15) is 16.8 Å². The largest absolute Gasteiger partial charge is 0.510 e. The summed E-state index contributed by atoms with van der Waals surface area (Å²) < 4.78 is 0. The summed E-state index contributed by atoms with van der Waals surface area (Å²) in [5, 5.41) is 41.7. The molecule has 0 bridgehead atoms. The van der Waals surface area contributed by atoms with Crippen LogP contribution in [-0.2, 0) is 9.59 Å². The molecule has 152 valence electrons. The fourth-order valence-electron chi connectivity index (χ4n) is 4.16. The van der Waals surface area contributed by atoms with Gasteiger partial charge in [-0.05, 0) is 18.6 Å². The highest BCUT2D eigenvalue weighted by atomic mass is 35.5. The van der Waals surface area contributed by atoms with E-state index in [0.29, 0.717) is 0 Å². The summed E-state index contributed by atoms with van der Waals surface area (Å²) in [6, 6.07) is 1.24. The summed E-state index contributed by atoms with van der Waals surface area (Å²) >= 11 is 7.21. The maximum absolute atomic E-state index is 13.1. The Bertz CT molecular complexity index is 1080. The minimum Gasteiger partial charge on any atom is -0.510 e. The molecule has 0 aromatic heterocycles. The number of benzene rings is 1. The van der Waals surface area contributed by atoms with E-state index in [0.717, 1.165) is 11.8 Å². The lowest BCUT2D eigenvalue weighted by Crippen LogP contribution is -2.63. The van der Waals surface area contributed by atoms with Gasteiger partial charge in [0.05, 0.1) is 22.2 Å². The van der Waals surface area contributed by atoms with Crippen LogP contribution in [0.3, 0.4) is 0 Å². The Labute approximate surface area is 172 Å². The van der Waals surface area contributed by atoms with Crippen LogP contribution in [0.5, 0.6) is 5.75 Å². The first-order valence-electron chi connectivity index (χ1n) is 8.43. The van der Waals surface area contributed by atoms with E-state index < -0.39 is 57.4 Å². The Morgan fingerprint density at radius 1 is 1.24 bits per heavy atom. The third-order valence-electron chi connectivity index (χ3n) is 5.59. The number of ketones is 2. The first-order chi connectivity index (χ1) is 13.5. The fraction of sp³-hybridized carbons (Fsp3) is 0.278. The van der Waals surface area contributed by atoms with Gasteiger partial charge in [0, 0.05) is 16.1 Å². The van der Waals surface area contributed by atoms with Crippen LogP contribution in [0.15, 0.2) is 39.7 Å². The summed E-state index contributed by atoms with van der Waals surface area (Å²) in [5.41, 5.74) is 6.98. The molecule has 1 aromatic rings. The predicted molar refractivity (Wildman–Crippen MR) is 102 cm³/mol. The van der Waals surface area contributed by atoms with Crippen molar-refractivity contribution in [2.75, 3.05) is 0 Å². The Morgan fingerprint density at radius 2 is 1.90 bits per heavy atom. The number of hydrogen-bond donors (Lipinski definition) is 6. The molecule has 0 saturated carbocycles. The van der Waals surface area contributed by atoms with E-state index in [1.165, 1.54) is 12.1 Å². The van der Waals surface area contributed by atoms with Gasteiger partial charge >= 0.3 is 0 Å². The summed E-state index contributed by atoms with van der Waals surface area (Å²) in [4.78, 5) is 37.8. The van der Waals surface area contributed by atoms with E-state index in [2.05, 4.69) is 0 Å². The number of aromatic hydroxyl groups is 1. The van der Waals surface area contributed by atoms with E-state index in [-0.39, 0.29) is 33.2 Å². The van der Waals surface area contributed by atoms with Crippen LogP contribution in [0, 0.1) is 5.92 Å². The van der Waals surface area contributed by atoms with Gasteiger partial charge in [0.15, 0.2) is 11.4 Å². The number of carbonyl (C=O) groups is 3. The van der Waals surface area contributed by atoms with E-state index in [1.54, 1.807) is 0 Å². The van der Waals surface area contributed by atoms with Crippen molar-refractivity contribution in [1.29, 1.82) is 0 Å². The highest BCUT2D eigenvalue weighted by Crippen LogP contribution is 2.54. The molecule has 2 aliphatic carbocycles. The molecule has 0 fully saturated rings. The number of phenolic OH excluding ortho intramolecular Hbond substituents is 1. The highest BCUT2D eigenvalue weighted by Gasteiger charge is 2.62. The number of carbonyl (C=O) groups excluding carboxylic acids is 3. The first kappa shape index (κ1) is 19.8. The van der Waals surface area contributed by atoms with Crippen molar-refractivity contribution in [1.82, 2.24) is 0 Å². The number of aliphatic hydroxyl groups excluding tert-OH is 2. The first-order valence-corrected chi connectivity index (χ1v) is 9.69. The van der Waals surface area contributed by atoms with Gasteiger partial charge in [0.1, 0.15) is 22.8 Å². The number of fused-ring (bicyclic) bond motifs is 3. The van der Waals surface area contributed by atoms with Crippen molar-refractivity contribution in [2.24, 2.45) is 17.4 Å². The zero-order valence-electron chi connectivity index (χ0n) is 14.5. The molecule has 9 nitrogen and oxygen atoms in total. The summed E-state index contributed by atoms with van der Waals surface area (Å²) in [7, 11) is 0. The second-order valence-corrected chi connectivity index (χ2v) is 8.68. The van der Waals surface area contributed by atoms with Crippen LogP contribution in [0.25, 0.3) is 0 Å². The molecule has 0 saturated heterocycles. The number of thioether (sulfide) groups is 1. The van der Waals surface area contributed by atoms with E-state index in [4.69, 9.17) is 23.1 Å². The molecule has 1 amide bonds. The van der Waals surface area contributed by atoms with Gasteiger partial charge in [-0.3, -0.25) is 14.4 Å². The molecule has 4 rings (SSSR count). The fourth-order valence-corrected chi connectivity index (χ4v) is 5.87. The summed E-state index contributed by atoms with van der Waals surface area (Å²) in [5.74, 6) is -6.84. The molecular formula is C18H15ClN2O7S. The SMILES string of the molecule is NC(=O)C1=C(O)C(N)C2CC3Sc4c(Cl)ccc(O)c4C(=O)C3=C(O)C2(O)C1=O. The Morgan fingerprint density at radius 3 is 2.52 bits per heavy atom. The van der Waals surface area contributed by atoms with Crippen LogP contribution in [0.2, 0.25) is 5.02 Å². The lowest BCUT2D eigenvalue weighted by molar-refractivity contribution is -0.144. The van der Waals surface area contributed by atoms with Crippen molar-refractivity contribution in [3.05, 3.63) is 45.4 Å². The lowest BCUT2D eigenvalue weighted by Gasteiger charge is -2.47. The molecule has 8 N–H and O–H groups in total. The smallest absolute Gasteiger partial charge is 0.255 e. The van der Waals surface area contributed by atoms with Crippen molar-refractivity contribution in [3.63, 3.8) is 0 Å². The Hall–Kier alpha value is -2.53. The highest BCUT2D eigenvalue weighted by molar-refractivity contribution is 8.00. The van der Waals surface area contributed by atoms with Crippen LogP contribution >= 0.6 is 23.4 Å². The van der Waals surface area contributed by atoms with E-state index >= 15 is 0 Å². The number of rotatable bonds is 1. The zero-order chi connectivity index (χ0) is 21.4. The molecule has 11 heteroatoms. The number of halogens is 1. The molecular weight excluding hydrogens is 424 g/mol. The number of phenols is 1. The maximum Gasteiger partial charge on any atom is 0.255 e. The van der Waals surface area contributed by atoms with Gasteiger partial charge < -0.3 is 31.9 Å². The third-order valence-corrected chi connectivity index (χ3v) is 7.39. The minimum atomic E-state index is -2.72. The summed E-state index contributed by atoms with van der Waals surface area (Å²) in [6.07, 6.45) is -0.0965. The zero-order valence-corrected chi connectivity index (χ0v) is 16.1. The monoisotopic (exact) mass is 438 g/mol.